The molecule has 0 aromatic heterocycles. The lowest BCUT2D eigenvalue weighted by Crippen LogP contribution is -2.13. The highest BCUT2D eigenvalue weighted by Crippen LogP contribution is 2.17. The lowest BCUT2D eigenvalue weighted by molar-refractivity contribution is 0.587. The zero-order chi connectivity index (χ0) is 12.9. The molecule has 0 saturated carbocycles. The number of aryl methyl sites for hydroxylation is 1. The van der Waals surface area contributed by atoms with Crippen molar-refractivity contribution in [2.45, 2.75) is 43.3 Å². The van der Waals surface area contributed by atoms with E-state index in [1.807, 2.05) is 12.1 Å². The van der Waals surface area contributed by atoms with Crippen molar-refractivity contribution in [3.63, 3.8) is 0 Å². The third-order valence-corrected chi connectivity index (χ3v) is 5.23. The summed E-state index contributed by atoms with van der Waals surface area (Å²) < 4.78 is 23.8. The van der Waals surface area contributed by atoms with Crippen molar-refractivity contribution in [2.75, 3.05) is 5.75 Å². The Morgan fingerprint density at radius 1 is 1.12 bits per heavy atom. The zero-order valence-corrected chi connectivity index (χ0v) is 12.1. The molecule has 96 valence electrons. The number of unbranched alkanes of at least 4 members (excludes halogenated alkanes) is 1. The molecule has 1 aromatic carbocycles. The van der Waals surface area contributed by atoms with Gasteiger partial charge in [0.15, 0.2) is 9.84 Å². The van der Waals surface area contributed by atoms with Crippen LogP contribution in [0.5, 0.6) is 0 Å². The average molecular weight is 272 g/mol. The maximum absolute atomic E-state index is 11.9. The first kappa shape index (κ1) is 14.6. The summed E-state index contributed by atoms with van der Waals surface area (Å²) in [6.45, 7) is 3.41. The van der Waals surface area contributed by atoms with Crippen molar-refractivity contribution in [1.29, 1.82) is 0 Å². The maximum atomic E-state index is 11.9. The highest BCUT2D eigenvalue weighted by Gasteiger charge is 2.18. The van der Waals surface area contributed by atoms with Gasteiger partial charge in [0.2, 0.25) is 0 Å². The lowest BCUT2D eigenvalue weighted by atomic mass is 10.1. The lowest BCUT2D eigenvalue weighted by Gasteiger charge is -2.08. The van der Waals surface area contributed by atoms with Crippen LogP contribution < -0.4 is 0 Å². The molecule has 2 nitrogen and oxygen atoms in total. The summed E-state index contributed by atoms with van der Waals surface area (Å²) in [4.78, 5) is 0.422. The average Bonchev–Trinajstić information content (AvgIpc) is 2.30. The van der Waals surface area contributed by atoms with E-state index in [-0.39, 0.29) is 5.25 Å². The summed E-state index contributed by atoms with van der Waals surface area (Å²) in [5, 5.41) is -0.363. The van der Waals surface area contributed by atoms with Gasteiger partial charge in [0.05, 0.1) is 10.1 Å². The summed E-state index contributed by atoms with van der Waals surface area (Å²) in [5.74, 6) is 0.903. The minimum absolute atomic E-state index is 0.363. The zero-order valence-electron chi connectivity index (χ0n) is 10.4. The first-order valence-corrected chi connectivity index (χ1v) is 8.10. The summed E-state index contributed by atoms with van der Waals surface area (Å²) in [6, 6.07) is 7.25. The quantitative estimate of drug-likeness (QED) is 0.638. The Kier molecular flexibility index (Phi) is 5.53. The van der Waals surface area contributed by atoms with Gasteiger partial charge in [-0.2, -0.15) is 12.6 Å². The third-order valence-electron chi connectivity index (χ3n) is 2.75. The van der Waals surface area contributed by atoms with E-state index >= 15 is 0 Å². The normalized spacial score (nSPS) is 12.0. The molecule has 0 aliphatic heterocycles. The highest BCUT2D eigenvalue weighted by molar-refractivity contribution is 7.92. The minimum atomic E-state index is -3.13. The van der Waals surface area contributed by atoms with Crippen LogP contribution in [-0.4, -0.2) is 19.4 Å². The van der Waals surface area contributed by atoms with E-state index < -0.39 is 9.84 Å². The van der Waals surface area contributed by atoms with Crippen LogP contribution in [-0.2, 0) is 16.3 Å². The van der Waals surface area contributed by atoms with Crippen molar-refractivity contribution in [3.05, 3.63) is 29.8 Å². The molecule has 0 spiro atoms. The number of sulfone groups is 1. The highest BCUT2D eigenvalue weighted by atomic mass is 32.2. The second-order valence-corrected chi connectivity index (χ2v) is 7.37. The van der Waals surface area contributed by atoms with Gasteiger partial charge in [0.1, 0.15) is 0 Å². The summed E-state index contributed by atoms with van der Waals surface area (Å²) in [7, 11) is -3.13. The molecule has 0 heterocycles. The van der Waals surface area contributed by atoms with Crippen molar-refractivity contribution in [3.8, 4) is 0 Å². The van der Waals surface area contributed by atoms with Gasteiger partial charge in [-0.15, -0.1) is 0 Å². The van der Waals surface area contributed by atoms with E-state index in [1.165, 1.54) is 5.56 Å². The third kappa shape index (κ3) is 4.03. The largest absolute Gasteiger partial charge is 0.223 e. The molecule has 0 N–H and O–H groups in total. The Bertz CT molecular complexity index is 433. The molecule has 0 radical (unpaired) electrons. The van der Waals surface area contributed by atoms with Gasteiger partial charge in [-0.1, -0.05) is 12.1 Å². The molecule has 0 unspecified atom stereocenters. The van der Waals surface area contributed by atoms with Crippen LogP contribution in [0.4, 0.5) is 0 Å². The summed E-state index contributed by atoms with van der Waals surface area (Å²) >= 11 is 4.16. The van der Waals surface area contributed by atoms with Gasteiger partial charge in [-0.25, -0.2) is 8.42 Å². The van der Waals surface area contributed by atoms with E-state index in [0.717, 1.165) is 25.0 Å². The molecular weight excluding hydrogens is 252 g/mol. The Morgan fingerprint density at radius 3 is 2.18 bits per heavy atom. The Hall–Kier alpha value is -0.480. The van der Waals surface area contributed by atoms with Crippen LogP contribution in [0.15, 0.2) is 29.2 Å². The number of rotatable bonds is 6. The standard InChI is InChI=1S/C13H20O2S2/c1-11(2)17(14,15)13-8-6-12(7-9-13)5-3-4-10-16/h6-9,11,16H,3-5,10H2,1-2H3. The van der Waals surface area contributed by atoms with E-state index in [1.54, 1.807) is 26.0 Å². The van der Waals surface area contributed by atoms with Crippen LogP contribution in [0.3, 0.4) is 0 Å². The minimum Gasteiger partial charge on any atom is -0.223 e. The SMILES string of the molecule is CC(C)S(=O)(=O)c1ccc(CCCCS)cc1. The Balaban J connectivity index is 2.75. The molecule has 0 aliphatic rings. The van der Waals surface area contributed by atoms with Crippen LogP contribution in [0, 0.1) is 0 Å². The smallest absolute Gasteiger partial charge is 0.180 e. The molecule has 1 rings (SSSR count). The molecule has 0 atom stereocenters. The van der Waals surface area contributed by atoms with Crippen LogP contribution in [0.1, 0.15) is 32.3 Å². The van der Waals surface area contributed by atoms with Crippen molar-refractivity contribution in [2.24, 2.45) is 0 Å². The molecule has 0 bridgehead atoms. The van der Waals surface area contributed by atoms with Gasteiger partial charge in [-0.05, 0) is 56.6 Å². The Labute approximate surface area is 110 Å². The number of hydrogen-bond acceptors (Lipinski definition) is 3. The fourth-order valence-electron chi connectivity index (χ4n) is 1.56. The summed E-state index contributed by atoms with van der Waals surface area (Å²) in [6.07, 6.45) is 3.18. The predicted molar refractivity (Wildman–Crippen MR) is 75.6 cm³/mol. The van der Waals surface area contributed by atoms with Crippen molar-refractivity contribution < 1.29 is 8.42 Å². The summed E-state index contributed by atoms with van der Waals surface area (Å²) in [5.41, 5.74) is 1.19. The molecular formula is C13H20O2S2. The second kappa shape index (κ2) is 6.45. The molecule has 4 heteroatoms. The van der Waals surface area contributed by atoms with Crippen LogP contribution in [0.2, 0.25) is 0 Å². The van der Waals surface area contributed by atoms with Crippen molar-refractivity contribution in [1.82, 2.24) is 0 Å². The van der Waals surface area contributed by atoms with Gasteiger partial charge >= 0.3 is 0 Å². The van der Waals surface area contributed by atoms with E-state index in [4.69, 9.17) is 0 Å². The fourth-order valence-corrected chi connectivity index (χ4v) is 2.84. The predicted octanol–water partition coefficient (Wildman–Crippen LogP) is 3.12. The number of thiol groups is 1. The number of benzene rings is 1. The molecule has 0 aliphatic carbocycles. The van der Waals surface area contributed by atoms with Crippen LogP contribution >= 0.6 is 12.6 Å². The fraction of sp³-hybridized carbons (Fsp3) is 0.538. The monoisotopic (exact) mass is 272 g/mol. The van der Waals surface area contributed by atoms with E-state index in [0.29, 0.717) is 4.90 Å². The van der Waals surface area contributed by atoms with Crippen LogP contribution in [0.25, 0.3) is 0 Å². The van der Waals surface area contributed by atoms with E-state index in [2.05, 4.69) is 12.6 Å². The first-order valence-electron chi connectivity index (χ1n) is 5.92. The topological polar surface area (TPSA) is 34.1 Å². The van der Waals surface area contributed by atoms with Crippen molar-refractivity contribution >= 4 is 22.5 Å². The second-order valence-electron chi connectivity index (χ2n) is 4.42. The van der Waals surface area contributed by atoms with Gasteiger partial charge in [0, 0.05) is 0 Å². The molecule has 0 amide bonds. The van der Waals surface area contributed by atoms with Gasteiger partial charge in [-0.3, -0.25) is 0 Å². The molecule has 17 heavy (non-hydrogen) atoms. The maximum Gasteiger partial charge on any atom is 0.180 e. The number of hydrogen-bond donors (Lipinski definition) is 1. The molecule has 0 saturated heterocycles. The van der Waals surface area contributed by atoms with Gasteiger partial charge in [0.25, 0.3) is 0 Å². The van der Waals surface area contributed by atoms with Gasteiger partial charge < -0.3 is 0 Å². The molecule has 0 fully saturated rings. The van der Waals surface area contributed by atoms with E-state index in [9.17, 15) is 8.42 Å². The Morgan fingerprint density at radius 2 is 1.71 bits per heavy atom. The first-order chi connectivity index (χ1) is 7.98. The molecule has 1 aromatic rings.